The summed E-state index contributed by atoms with van der Waals surface area (Å²) < 4.78 is 34.4. The van der Waals surface area contributed by atoms with Gasteiger partial charge in [0.2, 0.25) is 10.0 Å². The number of aliphatic hydroxyl groups is 1. The molecule has 0 aliphatic carbocycles. The summed E-state index contributed by atoms with van der Waals surface area (Å²) in [5.74, 6) is -0.747. The highest BCUT2D eigenvalue weighted by atomic mass is 32.2. The number of carbonyl (C=O) groups excluding carboxylic acids is 1. The second-order valence-corrected chi connectivity index (χ2v) is 6.20. The van der Waals surface area contributed by atoms with E-state index in [1.54, 1.807) is 0 Å². The molecule has 0 aromatic carbocycles. The Bertz CT molecular complexity index is 382. The molecule has 0 aromatic heterocycles. The molecule has 1 N–H and O–H groups in total. The van der Waals surface area contributed by atoms with Gasteiger partial charge in [-0.3, -0.25) is 4.79 Å². The van der Waals surface area contributed by atoms with Crippen LogP contribution in [0.4, 0.5) is 0 Å². The zero-order valence-corrected chi connectivity index (χ0v) is 11.4. The number of methoxy groups -OCH3 is 2. The Balaban J connectivity index is 2.75. The smallest absolute Gasteiger partial charge is 0.324 e. The van der Waals surface area contributed by atoms with Crippen molar-refractivity contribution in [1.29, 1.82) is 0 Å². The van der Waals surface area contributed by atoms with Gasteiger partial charge in [-0.15, -0.1) is 0 Å². The summed E-state index contributed by atoms with van der Waals surface area (Å²) in [6, 6.07) is -0.919. The molecule has 1 aliphatic rings. The molecule has 8 heteroatoms. The summed E-state index contributed by atoms with van der Waals surface area (Å²) >= 11 is 0. The lowest BCUT2D eigenvalue weighted by Gasteiger charge is -2.21. The van der Waals surface area contributed by atoms with Crippen molar-refractivity contribution in [2.75, 3.05) is 33.1 Å². The van der Waals surface area contributed by atoms with Crippen molar-refractivity contribution in [3.63, 3.8) is 0 Å². The van der Waals surface area contributed by atoms with Crippen molar-refractivity contribution in [2.45, 2.75) is 25.0 Å². The Morgan fingerprint density at radius 1 is 1.44 bits per heavy atom. The number of aliphatic hydroxyl groups excluding tert-OH is 1. The highest BCUT2D eigenvalue weighted by Crippen LogP contribution is 2.23. The minimum Gasteiger partial charge on any atom is -0.468 e. The molecule has 1 fully saturated rings. The second-order valence-electron chi connectivity index (χ2n) is 4.16. The molecule has 0 bridgehead atoms. The van der Waals surface area contributed by atoms with Crippen LogP contribution in [-0.2, 0) is 24.3 Å². The van der Waals surface area contributed by atoms with Gasteiger partial charge in [0.05, 0.1) is 19.0 Å². The normalized spacial score (nSPS) is 25.3. The summed E-state index contributed by atoms with van der Waals surface area (Å²) in [6.07, 6.45) is -0.401. The fraction of sp³-hybridized carbons (Fsp3) is 0.900. The predicted molar refractivity (Wildman–Crippen MR) is 63.4 cm³/mol. The largest absolute Gasteiger partial charge is 0.468 e. The summed E-state index contributed by atoms with van der Waals surface area (Å²) in [5, 5.41) is 9.51. The van der Waals surface area contributed by atoms with Gasteiger partial charge in [-0.1, -0.05) is 0 Å². The van der Waals surface area contributed by atoms with Crippen LogP contribution in [0, 0.1) is 0 Å². The van der Waals surface area contributed by atoms with E-state index < -0.39 is 28.1 Å². The van der Waals surface area contributed by atoms with Gasteiger partial charge in [0.1, 0.15) is 6.04 Å². The molecule has 1 aliphatic heterocycles. The number of ether oxygens (including phenoxy) is 2. The average molecular weight is 281 g/mol. The van der Waals surface area contributed by atoms with Gasteiger partial charge in [0, 0.05) is 26.7 Å². The van der Waals surface area contributed by atoms with E-state index in [0.29, 0.717) is 13.0 Å². The lowest BCUT2D eigenvalue weighted by Crippen LogP contribution is -2.42. The maximum absolute atomic E-state index is 12.0. The van der Waals surface area contributed by atoms with Gasteiger partial charge in [-0.05, 0) is 6.42 Å². The molecular formula is C10H19NO6S. The van der Waals surface area contributed by atoms with E-state index in [9.17, 15) is 18.3 Å². The quantitative estimate of drug-likeness (QED) is 0.494. The molecule has 2 unspecified atom stereocenters. The highest BCUT2D eigenvalue weighted by Gasteiger charge is 2.43. The summed E-state index contributed by atoms with van der Waals surface area (Å²) in [4.78, 5) is 11.5. The molecule has 1 rings (SSSR count). The van der Waals surface area contributed by atoms with Gasteiger partial charge < -0.3 is 14.6 Å². The topological polar surface area (TPSA) is 93.1 Å². The number of β-amino-alcohol motifs (C(OH)–C–C–N with tert-alkyl or cyclic N) is 1. The van der Waals surface area contributed by atoms with Crippen molar-refractivity contribution in [3.8, 4) is 0 Å². The number of hydrogen-bond acceptors (Lipinski definition) is 6. The molecule has 0 radical (unpaired) electrons. The maximum atomic E-state index is 12.0. The van der Waals surface area contributed by atoms with Gasteiger partial charge >= 0.3 is 5.97 Å². The van der Waals surface area contributed by atoms with E-state index in [4.69, 9.17) is 4.74 Å². The van der Waals surface area contributed by atoms with E-state index >= 15 is 0 Å². The third kappa shape index (κ3) is 3.64. The predicted octanol–water partition coefficient (Wildman–Crippen LogP) is -1.04. The Morgan fingerprint density at radius 2 is 2.11 bits per heavy atom. The number of carbonyl (C=O) groups is 1. The summed E-state index contributed by atoms with van der Waals surface area (Å²) in [5.41, 5.74) is 0. The summed E-state index contributed by atoms with van der Waals surface area (Å²) in [7, 11) is -0.890. The van der Waals surface area contributed by atoms with Crippen LogP contribution in [0.5, 0.6) is 0 Å². The van der Waals surface area contributed by atoms with E-state index in [2.05, 4.69) is 4.74 Å². The molecule has 106 valence electrons. The average Bonchev–Trinajstić information content (AvgIpc) is 2.71. The number of esters is 1. The van der Waals surface area contributed by atoms with Crippen LogP contribution in [0.25, 0.3) is 0 Å². The first-order valence-electron chi connectivity index (χ1n) is 5.66. The van der Waals surface area contributed by atoms with Gasteiger partial charge in [-0.2, -0.15) is 4.31 Å². The first kappa shape index (κ1) is 15.4. The monoisotopic (exact) mass is 281 g/mol. The molecule has 2 atom stereocenters. The molecule has 18 heavy (non-hydrogen) atoms. The van der Waals surface area contributed by atoms with Crippen LogP contribution >= 0.6 is 0 Å². The first-order chi connectivity index (χ1) is 8.42. The number of nitrogens with zero attached hydrogens (tertiary/aromatic N) is 1. The van der Waals surface area contributed by atoms with Crippen molar-refractivity contribution >= 4 is 16.0 Å². The standard InChI is InChI=1S/C10H19NO6S/c1-16-4-3-5-18(14,15)11-7-8(12)6-9(11)10(13)17-2/h8-9,12H,3-7H2,1-2H3. The molecule has 0 amide bonds. The van der Waals surface area contributed by atoms with E-state index in [-0.39, 0.29) is 18.7 Å². The number of hydrogen-bond donors (Lipinski definition) is 1. The third-order valence-corrected chi connectivity index (χ3v) is 4.74. The molecule has 1 saturated heterocycles. The first-order valence-corrected chi connectivity index (χ1v) is 7.27. The van der Waals surface area contributed by atoms with Gasteiger partial charge in [0.15, 0.2) is 0 Å². The lowest BCUT2D eigenvalue weighted by atomic mass is 10.2. The molecule has 0 spiro atoms. The molecular weight excluding hydrogens is 262 g/mol. The van der Waals surface area contributed by atoms with Crippen molar-refractivity contribution < 1.29 is 27.8 Å². The number of sulfonamides is 1. The molecule has 0 saturated carbocycles. The Labute approximate surface area is 107 Å². The zero-order chi connectivity index (χ0) is 13.8. The van der Waals surface area contributed by atoms with Crippen molar-refractivity contribution in [1.82, 2.24) is 4.31 Å². The molecule has 0 aromatic rings. The van der Waals surface area contributed by atoms with Crippen LogP contribution in [0.3, 0.4) is 0 Å². The van der Waals surface area contributed by atoms with Crippen LogP contribution in [0.2, 0.25) is 0 Å². The highest BCUT2D eigenvalue weighted by molar-refractivity contribution is 7.89. The minimum atomic E-state index is -3.58. The Morgan fingerprint density at radius 3 is 2.67 bits per heavy atom. The molecule has 1 heterocycles. The van der Waals surface area contributed by atoms with Crippen molar-refractivity contribution in [3.05, 3.63) is 0 Å². The number of rotatable bonds is 6. The van der Waals surface area contributed by atoms with Crippen LogP contribution in [-0.4, -0.2) is 69.1 Å². The lowest BCUT2D eigenvalue weighted by molar-refractivity contribution is -0.144. The zero-order valence-electron chi connectivity index (χ0n) is 10.5. The Hall–Kier alpha value is -0.700. The van der Waals surface area contributed by atoms with Crippen molar-refractivity contribution in [2.24, 2.45) is 0 Å². The van der Waals surface area contributed by atoms with E-state index in [1.807, 2.05) is 0 Å². The maximum Gasteiger partial charge on any atom is 0.324 e. The van der Waals surface area contributed by atoms with E-state index in [1.165, 1.54) is 14.2 Å². The third-order valence-electron chi connectivity index (χ3n) is 2.81. The Kier molecular flexibility index (Phi) is 5.51. The summed E-state index contributed by atoms with van der Waals surface area (Å²) in [6.45, 7) is 0.271. The minimum absolute atomic E-state index is 0.0604. The SMILES string of the molecule is COCCCS(=O)(=O)N1CC(O)CC1C(=O)OC. The van der Waals surface area contributed by atoms with Crippen LogP contribution in [0.1, 0.15) is 12.8 Å². The van der Waals surface area contributed by atoms with E-state index in [0.717, 1.165) is 4.31 Å². The molecule has 7 nitrogen and oxygen atoms in total. The van der Waals surface area contributed by atoms with Crippen LogP contribution in [0.15, 0.2) is 0 Å². The van der Waals surface area contributed by atoms with Gasteiger partial charge in [-0.25, -0.2) is 8.42 Å². The fourth-order valence-corrected chi connectivity index (χ4v) is 3.62. The second kappa shape index (κ2) is 6.46. The van der Waals surface area contributed by atoms with Crippen LogP contribution < -0.4 is 0 Å². The van der Waals surface area contributed by atoms with Gasteiger partial charge in [0.25, 0.3) is 0 Å². The fourth-order valence-electron chi connectivity index (χ4n) is 1.94.